The van der Waals surface area contributed by atoms with Crippen molar-refractivity contribution in [1.29, 1.82) is 0 Å². The molecule has 0 aliphatic carbocycles. The molecule has 10 heteroatoms. The lowest BCUT2D eigenvalue weighted by Gasteiger charge is -2.23. The molecular weight excluding hydrogens is 451 g/mol. The minimum absolute atomic E-state index is 0.161. The number of benzene rings is 2. The monoisotopic (exact) mass is 468 g/mol. The second-order valence-electron chi connectivity index (χ2n) is 6.42. The van der Waals surface area contributed by atoms with Crippen LogP contribution in [0.1, 0.15) is 11.3 Å². The van der Waals surface area contributed by atoms with E-state index in [0.717, 1.165) is 6.26 Å². The third kappa shape index (κ3) is 6.41. The zero-order valence-electron chi connectivity index (χ0n) is 15.8. The molecule has 0 fully saturated rings. The highest BCUT2D eigenvalue weighted by Gasteiger charge is 2.18. The fourth-order valence-electron chi connectivity index (χ4n) is 2.67. The number of furan rings is 1. The van der Waals surface area contributed by atoms with Crippen molar-refractivity contribution in [3.05, 3.63) is 82.2 Å². The highest BCUT2D eigenvalue weighted by molar-refractivity contribution is 7.86. The zero-order valence-corrected chi connectivity index (χ0v) is 18.2. The topological polar surface area (TPSA) is 88.9 Å². The average Bonchev–Trinajstić information content (AvgIpc) is 3.15. The largest absolute Gasteiger partial charge is 0.467 e. The van der Waals surface area contributed by atoms with Crippen LogP contribution >= 0.6 is 23.2 Å². The Kier molecular flexibility index (Phi) is 6.91. The molecule has 0 unspecified atom stereocenters. The Balaban J connectivity index is 1.82. The van der Waals surface area contributed by atoms with Gasteiger partial charge in [-0.05, 0) is 48.0 Å². The van der Waals surface area contributed by atoms with Crippen molar-refractivity contribution < 1.29 is 21.8 Å². The third-order valence-electron chi connectivity index (χ3n) is 3.91. The summed E-state index contributed by atoms with van der Waals surface area (Å²) >= 11 is 12.1. The van der Waals surface area contributed by atoms with E-state index >= 15 is 0 Å². The first kappa shape index (κ1) is 22.0. The Bertz CT molecular complexity index is 1130. The van der Waals surface area contributed by atoms with E-state index in [-0.39, 0.29) is 18.8 Å². The molecule has 2 amide bonds. The van der Waals surface area contributed by atoms with Crippen LogP contribution in [0.3, 0.4) is 0 Å². The summed E-state index contributed by atoms with van der Waals surface area (Å²) in [6.45, 7) is 0.347. The van der Waals surface area contributed by atoms with Crippen LogP contribution in [-0.2, 0) is 23.2 Å². The van der Waals surface area contributed by atoms with Crippen LogP contribution in [0, 0.1) is 0 Å². The predicted molar refractivity (Wildman–Crippen MR) is 115 cm³/mol. The molecule has 0 atom stereocenters. The quantitative estimate of drug-likeness (QED) is 0.483. The number of nitrogens with zero attached hydrogens (tertiary/aromatic N) is 1. The van der Waals surface area contributed by atoms with Crippen LogP contribution in [0.4, 0.5) is 10.5 Å². The maximum Gasteiger partial charge on any atom is 0.322 e. The van der Waals surface area contributed by atoms with Crippen molar-refractivity contribution in [3.8, 4) is 5.75 Å². The van der Waals surface area contributed by atoms with Crippen LogP contribution in [0.2, 0.25) is 10.0 Å². The summed E-state index contributed by atoms with van der Waals surface area (Å²) in [6.07, 6.45) is 2.48. The molecule has 2 aromatic carbocycles. The Morgan fingerprint density at radius 1 is 1.10 bits per heavy atom. The normalized spacial score (nSPS) is 11.2. The second-order valence-corrected chi connectivity index (χ2v) is 8.84. The van der Waals surface area contributed by atoms with Crippen LogP contribution in [0.15, 0.2) is 65.3 Å². The molecule has 0 saturated heterocycles. The second kappa shape index (κ2) is 9.42. The molecule has 0 spiro atoms. The SMILES string of the molecule is CS(=O)(=O)Oc1cccc(CN(Cc2ccco2)C(=O)Nc2ccc(Cl)cc2Cl)c1. The minimum atomic E-state index is -3.66. The number of hydrogen-bond acceptors (Lipinski definition) is 5. The maximum atomic E-state index is 12.9. The van der Waals surface area contributed by atoms with E-state index in [1.54, 1.807) is 42.5 Å². The first-order valence-electron chi connectivity index (χ1n) is 8.71. The van der Waals surface area contributed by atoms with E-state index in [1.807, 2.05) is 0 Å². The fraction of sp³-hybridized carbons (Fsp3) is 0.150. The molecule has 30 heavy (non-hydrogen) atoms. The molecule has 0 aliphatic rings. The third-order valence-corrected chi connectivity index (χ3v) is 4.95. The first-order valence-corrected chi connectivity index (χ1v) is 11.3. The van der Waals surface area contributed by atoms with E-state index in [2.05, 4.69) is 5.32 Å². The standard InChI is InChI=1S/C20H18Cl2N2O5S/c1-30(26,27)29-16-5-2-4-14(10-16)12-24(13-17-6-3-9-28-17)20(25)23-19-8-7-15(21)11-18(19)22/h2-11H,12-13H2,1H3,(H,23,25). The van der Waals surface area contributed by atoms with Gasteiger partial charge in [-0.3, -0.25) is 0 Å². The van der Waals surface area contributed by atoms with E-state index < -0.39 is 16.1 Å². The van der Waals surface area contributed by atoms with Gasteiger partial charge in [-0.15, -0.1) is 0 Å². The summed E-state index contributed by atoms with van der Waals surface area (Å²) in [4.78, 5) is 14.4. The average molecular weight is 469 g/mol. The minimum Gasteiger partial charge on any atom is -0.467 e. The maximum absolute atomic E-state index is 12.9. The van der Waals surface area contributed by atoms with Gasteiger partial charge in [-0.25, -0.2) is 4.79 Å². The highest BCUT2D eigenvalue weighted by atomic mass is 35.5. The lowest BCUT2D eigenvalue weighted by atomic mass is 10.2. The summed E-state index contributed by atoms with van der Waals surface area (Å²) in [7, 11) is -3.66. The fourth-order valence-corrected chi connectivity index (χ4v) is 3.58. The van der Waals surface area contributed by atoms with E-state index in [1.165, 1.54) is 23.3 Å². The van der Waals surface area contributed by atoms with Crippen molar-refractivity contribution in [2.24, 2.45) is 0 Å². The summed E-state index contributed by atoms with van der Waals surface area (Å²) in [5.41, 5.74) is 1.07. The molecule has 1 aromatic heterocycles. The van der Waals surface area contributed by atoms with Crippen molar-refractivity contribution in [2.45, 2.75) is 13.1 Å². The number of carbonyl (C=O) groups is 1. The molecule has 1 N–H and O–H groups in total. The van der Waals surface area contributed by atoms with Crippen LogP contribution in [0.5, 0.6) is 5.75 Å². The molecule has 7 nitrogen and oxygen atoms in total. The van der Waals surface area contributed by atoms with Crippen LogP contribution in [0.25, 0.3) is 0 Å². The molecule has 0 aliphatic heterocycles. The van der Waals surface area contributed by atoms with E-state index in [0.29, 0.717) is 27.1 Å². The van der Waals surface area contributed by atoms with E-state index in [9.17, 15) is 13.2 Å². The van der Waals surface area contributed by atoms with Gasteiger partial charge in [-0.1, -0.05) is 35.3 Å². The molecular formula is C20H18Cl2N2O5S. The number of nitrogens with one attached hydrogen (secondary N) is 1. The molecule has 3 aromatic rings. The molecule has 0 radical (unpaired) electrons. The summed E-state index contributed by atoms with van der Waals surface area (Å²) in [6, 6.07) is 14.3. The number of rotatable bonds is 7. The Hall–Kier alpha value is -2.68. The Labute approximate surface area is 184 Å². The van der Waals surface area contributed by atoms with Gasteiger partial charge in [0.05, 0.1) is 29.8 Å². The Morgan fingerprint density at radius 3 is 2.57 bits per heavy atom. The zero-order chi connectivity index (χ0) is 21.7. The summed E-state index contributed by atoms with van der Waals surface area (Å²) in [5.74, 6) is 0.741. The molecule has 1 heterocycles. The lowest BCUT2D eigenvalue weighted by molar-refractivity contribution is 0.201. The molecule has 0 saturated carbocycles. The predicted octanol–water partition coefficient (Wildman–Crippen LogP) is 5.16. The van der Waals surface area contributed by atoms with Crippen molar-refractivity contribution in [3.63, 3.8) is 0 Å². The van der Waals surface area contributed by atoms with Gasteiger partial charge in [-0.2, -0.15) is 8.42 Å². The van der Waals surface area contributed by atoms with Gasteiger partial charge >= 0.3 is 16.1 Å². The molecule has 158 valence electrons. The molecule has 0 bridgehead atoms. The Morgan fingerprint density at radius 2 is 1.90 bits per heavy atom. The van der Waals surface area contributed by atoms with E-state index in [4.69, 9.17) is 31.8 Å². The highest BCUT2D eigenvalue weighted by Crippen LogP contribution is 2.26. The first-order chi connectivity index (χ1) is 14.2. The smallest absolute Gasteiger partial charge is 0.322 e. The number of halogens is 2. The van der Waals surface area contributed by atoms with Crippen molar-refractivity contribution in [2.75, 3.05) is 11.6 Å². The van der Waals surface area contributed by atoms with Gasteiger partial charge in [0, 0.05) is 11.6 Å². The van der Waals surface area contributed by atoms with Gasteiger partial charge in [0.15, 0.2) is 0 Å². The number of urea groups is 1. The number of hydrogen-bond donors (Lipinski definition) is 1. The van der Waals surface area contributed by atoms with Crippen molar-refractivity contribution in [1.82, 2.24) is 4.90 Å². The van der Waals surface area contributed by atoms with Gasteiger partial charge in [0.25, 0.3) is 0 Å². The van der Waals surface area contributed by atoms with Crippen LogP contribution in [-0.4, -0.2) is 25.6 Å². The summed E-state index contributed by atoms with van der Waals surface area (Å²) < 4.78 is 33.0. The number of anilines is 1. The number of carbonyl (C=O) groups excluding carboxylic acids is 1. The van der Waals surface area contributed by atoms with Gasteiger partial charge in [0.2, 0.25) is 0 Å². The van der Waals surface area contributed by atoms with Gasteiger partial charge < -0.3 is 18.8 Å². The number of amides is 2. The molecule has 3 rings (SSSR count). The lowest BCUT2D eigenvalue weighted by Crippen LogP contribution is -2.34. The summed E-state index contributed by atoms with van der Waals surface area (Å²) in [5, 5.41) is 3.51. The van der Waals surface area contributed by atoms with Crippen LogP contribution < -0.4 is 9.50 Å². The van der Waals surface area contributed by atoms with Crippen molar-refractivity contribution >= 4 is 45.0 Å². The van der Waals surface area contributed by atoms with Gasteiger partial charge in [0.1, 0.15) is 11.5 Å².